The van der Waals surface area contributed by atoms with Crippen LogP contribution in [0.5, 0.6) is 0 Å². The Morgan fingerprint density at radius 2 is 1.63 bits per heavy atom. The molecule has 0 saturated carbocycles. The van der Waals surface area contributed by atoms with Crippen LogP contribution in [-0.2, 0) is 33.5 Å². The van der Waals surface area contributed by atoms with E-state index in [2.05, 4.69) is 21.3 Å². The lowest BCUT2D eigenvalue weighted by molar-refractivity contribution is -0.278. The molecule has 1 aliphatic rings. The van der Waals surface area contributed by atoms with Crippen molar-refractivity contribution in [3.8, 4) is 0 Å². The van der Waals surface area contributed by atoms with Crippen molar-refractivity contribution in [3.63, 3.8) is 0 Å². The number of nitrogens with one attached hydrogen (secondary N) is 4. The normalized spacial score (nSPS) is 23.5. The van der Waals surface area contributed by atoms with Gasteiger partial charge in [-0.05, 0) is 34.1 Å². The molecule has 1 aliphatic heterocycles. The van der Waals surface area contributed by atoms with Crippen LogP contribution in [0.25, 0.3) is 0 Å². The molecule has 0 radical (unpaired) electrons. The number of unbranched alkanes of at least 4 members (excludes halogenated alkanes) is 1. The maximum absolute atomic E-state index is 14.2. The Kier molecular flexibility index (Phi) is 11.0. The highest BCUT2D eigenvalue weighted by molar-refractivity contribution is 6.25. The predicted octanol–water partition coefficient (Wildman–Crippen LogP) is -2.02. The number of hydroxylamine groups is 2. The second-order valence-corrected chi connectivity index (χ2v) is 9.97. The fourth-order valence-electron chi connectivity index (χ4n) is 3.82. The van der Waals surface area contributed by atoms with Gasteiger partial charge in [0.15, 0.2) is 6.10 Å². The number of primary amides is 1. The van der Waals surface area contributed by atoms with Crippen LogP contribution in [0.1, 0.15) is 47.5 Å². The van der Waals surface area contributed by atoms with E-state index in [1.165, 1.54) is 21.0 Å². The summed E-state index contributed by atoms with van der Waals surface area (Å²) in [4.78, 5) is 87.3. The van der Waals surface area contributed by atoms with E-state index in [4.69, 9.17) is 15.3 Å². The van der Waals surface area contributed by atoms with E-state index in [-0.39, 0.29) is 13.1 Å². The van der Waals surface area contributed by atoms with Gasteiger partial charge in [0.1, 0.15) is 0 Å². The second kappa shape index (κ2) is 12.9. The first kappa shape index (κ1) is 32.6. The molecule has 216 valence electrons. The summed E-state index contributed by atoms with van der Waals surface area (Å²) in [6.45, 7) is 7.47. The molecule has 1 rings (SSSR count). The summed E-state index contributed by atoms with van der Waals surface area (Å²) >= 11 is 0. The van der Waals surface area contributed by atoms with Crippen LogP contribution in [0.4, 0.5) is 4.79 Å². The number of likely N-dealkylation sites (N-methyl/N-ethyl adjacent to an activating group) is 2. The molecule has 1 heterocycles. The van der Waals surface area contributed by atoms with Gasteiger partial charge in [0.05, 0.1) is 6.54 Å². The van der Waals surface area contributed by atoms with Crippen LogP contribution >= 0.6 is 0 Å². The monoisotopic (exact) mass is 543 g/mol. The minimum atomic E-state index is -3.08. The summed E-state index contributed by atoms with van der Waals surface area (Å²) in [7, 11) is 3.82. The second-order valence-electron chi connectivity index (χ2n) is 9.97. The minimum Gasteiger partial charge on any atom is -0.367 e. The van der Waals surface area contributed by atoms with Gasteiger partial charge in [0, 0.05) is 39.8 Å². The van der Waals surface area contributed by atoms with Crippen molar-refractivity contribution in [2.45, 2.75) is 70.2 Å². The first-order valence-corrected chi connectivity index (χ1v) is 12.3. The fourth-order valence-corrected chi connectivity index (χ4v) is 3.82. The van der Waals surface area contributed by atoms with E-state index >= 15 is 0 Å². The molecular weight excluding hydrogens is 502 g/mol. The average Bonchev–Trinajstić information content (AvgIpc) is 2.81. The topological polar surface area (TPSA) is 201 Å². The Bertz CT molecular complexity index is 935. The van der Waals surface area contributed by atoms with Gasteiger partial charge in [-0.1, -0.05) is 13.3 Å². The summed E-state index contributed by atoms with van der Waals surface area (Å²) in [5.74, 6) is -5.98. The molecule has 0 aromatic heterocycles. The Hall–Kier alpha value is -3.46. The largest absolute Gasteiger partial charge is 0.428 e. The van der Waals surface area contributed by atoms with Crippen molar-refractivity contribution in [1.29, 1.82) is 0 Å². The molecule has 0 aromatic carbocycles. The predicted molar refractivity (Wildman–Crippen MR) is 135 cm³/mol. The number of hydrogen-bond donors (Lipinski definition) is 5. The van der Waals surface area contributed by atoms with Crippen molar-refractivity contribution >= 4 is 35.6 Å². The van der Waals surface area contributed by atoms with Gasteiger partial charge in [-0.25, -0.2) is 4.79 Å². The van der Waals surface area contributed by atoms with E-state index in [0.29, 0.717) is 17.9 Å². The highest BCUT2D eigenvalue weighted by Crippen LogP contribution is 2.41. The molecule has 1 fully saturated rings. The quantitative estimate of drug-likeness (QED) is 0.152. The van der Waals surface area contributed by atoms with Crippen molar-refractivity contribution in [2.24, 2.45) is 5.73 Å². The van der Waals surface area contributed by atoms with Gasteiger partial charge < -0.3 is 41.5 Å². The Morgan fingerprint density at radius 3 is 2.08 bits per heavy atom. The molecular formula is C23H41N7O8. The van der Waals surface area contributed by atoms with Crippen LogP contribution in [0, 0.1) is 0 Å². The van der Waals surface area contributed by atoms with Gasteiger partial charge in [-0.15, -0.1) is 5.06 Å². The van der Waals surface area contributed by atoms with E-state index in [0.717, 1.165) is 11.9 Å². The SMILES string of the molecule is CCCCNC(=O)C1(C(=O)NC(C)(C)C)N(OC(=O)N(C)C)CC(C(N)=O)OC1(C(=O)NC)C(=O)NCC. The third kappa shape index (κ3) is 6.32. The molecule has 6 amide bonds. The molecule has 3 atom stereocenters. The third-order valence-electron chi connectivity index (χ3n) is 5.57. The van der Waals surface area contributed by atoms with E-state index in [9.17, 15) is 28.8 Å². The average molecular weight is 544 g/mol. The Labute approximate surface area is 222 Å². The third-order valence-corrected chi connectivity index (χ3v) is 5.57. The number of hydrogen-bond acceptors (Lipinski definition) is 9. The lowest BCUT2D eigenvalue weighted by Gasteiger charge is -2.53. The molecule has 3 unspecified atom stereocenters. The zero-order valence-electron chi connectivity index (χ0n) is 23.4. The van der Waals surface area contributed by atoms with Crippen LogP contribution in [-0.4, -0.2) is 109 Å². The highest BCUT2D eigenvalue weighted by atomic mass is 16.7. The van der Waals surface area contributed by atoms with Gasteiger partial charge in [0.2, 0.25) is 5.91 Å². The lowest BCUT2D eigenvalue weighted by atomic mass is 9.73. The molecule has 6 N–H and O–H groups in total. The molecule has 0 spiro atoms. The molecule has 1 saturated heterocycles. The smallest absolute Gasteiger partial charge is 0.367 e. The fraction of sp³-hybridized carbons (Fsp3) is 0.739. The maximum Gasteiger partial charge on any atom is 0.428 e. The van der Waals surface area contributed by atoms with E-state index < -0.39 is 65.0 Å². The molecule has 0 bridgehead atoms. The van der Waals surface area contributed by atoms with E-state index in [1.807, 2.05) is 6.92 Å². The molecule has 15 nitrogen and oxygen atoms in total. The Balaban J connectivity index is 4.25. The van der Waals surface area contributed by atoms with Gasteiger partial charge in [0.25, 0.3) is 34.8 Å². The first-order valence-electron chi connectivity index (χ1n) is 12.3. The van der Waals surface area contributed by atoms with Crippen LogP contribution in [0.2, 0.25) is 0 Å². The number of nitrogens with zero attached hydrogens (tertiary/aromatic N) is 2. The molecule has 38 heavy (non-hydrogen) atoms. The number of ether oxygens (including phenoxy) is 1. The number of amides is 6. The summed E-state index contributed by atoms with van der Waals surface area (Å²) in [6.07, 6.45) is -1.66. The summed E-state index contributed by atoms with van der Waals surface area (Å²) in [6, 6.07) is 0. The number of carbonyl (C=O) groups is 6. The zero-order valence-corrected chi connectivity index (χ0v) is 23.4. The van der Waals surface area contributed by atoms with Gasteiger partial charge in [-0.2, -0.15) is 0 Å². The van der Waals surface area contributed by atoms with Crippen molar-refractivity contribution in [2.75, 3.05) is 40.8 Å². The first-order chi connectivity index (χ1) is 17.6. The molecule has 0 aliphatic carbocycles. The van der Waals surface area contributed by atoms with Gasteiger partial charge in [-0.3, -0.25) is 24.0 Å². The Morgan fingerprint density at radius 1 is 1.03 bits per heavy atom. The number of rotatable bonds is 10. The number of carbonyl (C=O) groups excluding carboxylic acids is 6. The van der Waals surface area contributed by atoms with E-state index in [1.54, 1.807) is 20.8 Å². The van der Waals surface area contributed by atoms with Crippen LogP contribution < -0.4 is 27.0 Å². The van der Waals surface area contributed by atoms with Crippen LogP contribution in [0.15, 0.2) is 0 Å². The van der Waals surface area contributed by atoms with Crippen LogP contribution in [0.3, 0.4) is 0 Å². The maximum atomic E-state index is 14.2. The highest BCUT2D eigenvalue weighted by Gasteiger charge is 2.78. The molecule has 0 aromatic rings. The van der Waals surface area contributed by atoms with Crippen molar-refractivity contribution in [1.82, 2.24) is 31.2 Å². The number of morpholine rings is 1. The number of nitrogens with two attached hydrogens (primary N) is 1. The lowest BCUT2D eigenvalue weighted by Crippen LogP contribution is -2.88. The summed E-state index contributed by atoms with van der Waals surface area (Å²) in [5, 5.41) is 10.4. The van der Waals surface area contributed by atoms with Crippen molar-refractivity contribution < 1.29 is 38.3 Å². The standard InChI is InChI=1S/C23H41N7O8/c1-9-11-12-27-16(32)22(17(33)28-21(3,4)5)23(18(34)25-6,19(35)26-10-2)37-14(15(24)31)13-30(22)38-20(36)29(7)8/h14H,9-13H2,1-8H3,(H2,24,31)(H,25,34)(H,26,35)(H,27,32)(H,28,33). The molecule has 15 heteroatoms. The zero-order chi connectivity index (χ0) is 29.5. The summed E-state index contributed by atoms with van der Waals surface area (Å²) < 4.78 is 5.79. The minimum absolute atomic E-state index is 0.0475. The summed E-state index contributed by atoms with van der Waals surface area (Å²) in [5.41, 5.74) is -1.56. The van der Waals surface area contributed by atoms with Gasteiger partial charge >= 0.3 is 6.09 Å². The van der Waals surface area contributed by atoms with Crippen molar-refractivity contribution in [3.05, 3.63) is 0 Å².